The average molecular weight is 412 g/mol. The maximum atomic E-state index is 3.56. The number of hydrogen-bond donors (Lipinski definition) is 0. The molecule has 0 N–H and O–H groups in total. The number of hydrogen-bond acceptors (Lipinski definition) is 2. The van der Waals surface area contributed by atoms with Crippen molar-refractivity contribution in [1.29, 1.82) is 0 Å². The zero-order chi connectivity index (χ0) is 17.4. The van der Waals surface area contributed by atoms with E-state index in [-0.39, 0.29) is 0 Å². The highest BCUT2D eigenvalue weighted by molar-refractivity contribution is 9.10. The molecule has 0 saturated heterocycles. The first-order chi connectivity index (χ1) is 12.1. The maximum Gasteiger partial charge on any atom is 0.0337 e. The summed E-state index contributed by atoms with van der Waals surface area (Å²) in [5.74, 6) is 0.452. The van der Waals surface area contributed by atoms with E-state index in [1.165, 1.54) is 26.4 Å². The maximum absolute atomic E-state index is 3.56. The number of aryl methyl sites for hydroxylation is 1. The summed E-state index contributed by atoms with van der Waals surface area (Å²) in [4.78, 5) is 5.57. The molecule has 4 rings (SSSR count). The molecule has 0 saturated carbocycles. The third kappa shape index (κ3) is 3.46. The van der Waals surface area contributed by atoms with Crippen LogP contribution in [0.25, 0.3) is 0 Å². The van der Waals surface area contributed by atoms with Gasteiger partial charge in [0.05, 0.1) is 0 Å². The molecule has 0 amide bonds. The fourth-order valence-electron chi connectivity index (χ4n) is 3.80. The van der Waals surface area contributed by atoms with Crippen molar-refractivity contribution in [3.8, 4) is 0 Å². The predicted octanol–water partition coefficient (Wildman–Crippen LogP) is 6.53. The van der Waals surface area contributed by atoms with E-state index >= 15 is 0 Å². The molecule has 0 spiro atoms. The lowest BCUT2D eigenvalue weighted by atomic mass is 9.87. The van der Waals surface area contributed by atoms with Crippen LogP contribution < -0.4 is 0 Å². The van der Waals surface area contributed by atoms with E-state index in [0.29, 0.717) is 12.0 Å². The number of halogens is 1. The van der Waals surface area contributed by atoms with E-state index < -0.39 is 0 Å². The van der Waals surface area contributed by atoms with Gasteiger partial charge in [-0.3, -0.25) is 4.90 Å². The average Bonchev–Trinajstić information content (AvgIpc) is 3.02. The lowest BCUT2D eigenvalue weighted by Crippen LogP contribution is -2.35. The Hall–Kier alpha value is -1.42. The van der Waals surface area contributed by atoms with Crippen LogP contribution in [0.1, 0.15) is 45.3 Å². The molecule has 1 aromatic heterocycles. The molecule has 2 aromatic carbocycles. The SMILES string of the molecule is Cc1cc2c(s1)CN(C(C)c1ccccc1)CC2c1ccc(Br)cc1. The molecule has 0 bridgehead atoms. The van der Waals surface area contributed by atoms with Gasteiger partial charge in [0.25, 0.3) is 0 Å². The van der Waals surface area contributed by atoms with E-state index in [2.05, 4.69) is 95.3 Å². The van der Waals surface area contributed by atoms with Crippen molar-refractivity contribution >= 4 is 27.3 Å². The molecule has 25 heavy (non-hydrogen) atoms. The van der Waals surface area contributed by atoms with Gasteiger partial charge in [-0.05, 0) is 48.7 Å². The van der Waals surface area contributed by atoms with Crippen LogP contribution in [-0.4, -0.2) is 11.4 Å². The van der Waals surface area contributed by atoms with Crippen LogP contribution in [0.5, 0.6) is 0 Å². The van der Waals surface area contributed by atoms with E-state index in [4.69, 9.17) is 0 Å². The van der Waals surface area contributed by atoms with Crippen LogP contribution in [0.2, 0.25) is 0 Å². The summed E-state index contributed by atoms with van der Waals surface area (Å²) in [5.41, 5.74) is 4.34. The van der Waals surface area contributed by atoms with Crippen LogP contribution in [0.4, 0.5) is 0 Å². The van der Waals surface area contributed by atoms with Crippen LogP contribution in [0.15, 0.2) is 65.1 Å². The lowest BCUT2D eigenvalue weighted by molar-refractivity contribution is 0.184. The summed E-state index contributed by atoms with van der Waals surface area (Å²) in [6.07, 6.45) is 0. The Bertz CT molecular complexity index is 853. The zero-order valence-corrected chi connectivity index (χ0v) is 17.0. The Morgan fingerprint density at radius 1 is 1.08 bits per heavy atom. The summed E-state index contributed by atoms with van der Waals surface area (Å²) < 4.78 is 1.14. The summed E-state index contributed by atoms with van der Waals surface area (Å²) >= 11 is 5.52. The van der Waals surface area contributed by atoms with Crippen molar-refractivity contribution in [3.63, 3.8) is 0 Å². The molecule has 3 heteroatoms. The summed E-state index contributed by atoms with van der Waals surface area (Å²) in [5, 5.41) is 0. The third-order valence-corrected chi connectivity index (χ3v) is 6.79. The number of thiophene rings is 1. The molecule has 2 atom stereocenters. The van der Waals surface area contributed by atoms with Crippen molar-refractivity contribution in [1.82, 2.24) is 4.90 Å². The standard InChI is InChI=1S/C22H22BrNS/c1-15-12-20-21(18-8-10-19(23)11-9-18)13-24(14-22(20)25-15)16(2)17-6-4-3-5-7-17/h3-12,16,21H,13-14H2,1-2H3. The Balaban J connectivity index is 1.70. The summed E-state index contributed by atoms with van der Waals surface area (Å²) in [7, 11) is 0. The Kier molecular flexibility index (Phi) is 4.81. The number of benzene rings is 2. The molecule has 2 unspecified atom stereocenters. The number of nitrogens with zero attached hydrogens (tertiary/aromatic N) is 1. The Labute approximate surface area is 162 Å². The fourth-order valence-corrected chi connectivity index (χ4v) is 5.19. The van der Waals surface area contributed by atoms with Crippen molar-refractivity contribution in [3.05, 3.63) is 91.6 Å². The number of fused-ring (bicyclic) bond motifs is 1. The van der Waals surface area contributed by atoms with Gasteiger partial charge in [0.15, 0.2) is 0 Å². The summed E-state index contributed by atoms with van der Waals surface area (Å²) in [6.45, 7) is 6.68. The molecule has 128 valence electrons. The minimum absolute atomic E-state index is 0.426. The number of rotatable bonds is 3. The second-order valence-corrected chi connectivity index (χ2v) is 9.11. The Morgan fingerprint density at radius 3 is 2.52 bits per heavy atom. The van der Waals surface area contributed by atoms with Gasteiger partial charge in [0, 0.05) is 39.3 Å². The quantitative estimate of drug-likeness (QED) is 0.473. The minimum atomic E-state index is 0.426. The van der Waals surface area contributed by atoms with Crippen molar-refractivity contribution in [2.24, 2.45) is 0 Å². The highest BCUT2D eigenvalue weighted by atomic mass is 79.9. The molecule has 2 heterocycles. The molecule has 0 aliphatic carbocycles. The zero-order valence-electron chi connectivity index (χ0n) is 14.6. The topological polar surface area (TPSA) is 3.24 Å². The van der Waals surface area contributed by atoms with Gasteiger partial charge in [0.1, 0.15) is 0 Å². The predicted molar refractivity (Wildman–Crippen MR) is 110 cm³/mol. The first-order valence-corrected chi connectivity index (χ1v) is 10.4. The molecule has 1 aliphatic rings. The second-order valence-electron chi connectivity index (χ2n) is 6.86. The molecular weight excluding hydrogens is 390 g/mol. The highest BCUT2D eigenvalue weighted by Gasteiger charge is 2.31. The molecule has 0 fully saturated rings. The second kappa shape index (κ2) is 7.06. The van der Waals surface area contributed by atoms with Crippen LogP contribution in [-0.2, 0) is 6.54 Å². The van der Waals surface area contributed by atoms with E-state index in [9.17, 15) is 0 Å². The van der Waals surface area contributed by atoms with Crippen molar-refractivity contribution in [2.75, 3.05) is 6.54 Å². The molecule has 0 radical (unpaired) electrons. The smallest absolute Gasteiger partial charge is 0.0337 e. The lowest BCUT2D eigenvalue weighted by Gasteiger charge is -2.37. The normalized spacial score (nSPS) is 18.8. The monoisotopic (exact) mass is 411 g/mol. The van der Waals surface area contributed by atoms with Gasteiger partial charge in [0.2, 0.25) is 0 Å². The fraction of sp³-hybridized carbons (Fsp3) is 0.273. The van der Waals surface area contributed by atoms with E-state index in [1.807, 2.05) is 11.3 Å². The van der Waals surface area contributed by atoms with Crippen LogP contribution in [0.3, 0.4) is 0 Å². The molecule has 1 nitrogen and oxygen atoms in total. The molecule has 3 aromatic rings. The van der Waals surface area contributed by atoms with Gasteiger partial charge in [-0.15, -0.1) is 11.3 Å². The molecule has 1 aliphatic heterocycles. The highest BCUT2D eigenvalue weighted by Crippen LogP contribution is 2.41. The van der Waals surface area contributed by atoms with Crippen molar-refractivity contribution < 1.29 is 0 Å². The largest absolute Gasteiger partial charge is 0.291 e. The van der Waals surface area contributed by atoms with Crippen molar-refractivity contribution in [2.45, 2.75) is 32.4 Å². The van der Waals surface area contributed by atoms with Gasteiger partial charge in [-0.25, -0.2) is 0 Å². The van der Waals surface area contributed by atoms with E-state index in [0.717, 1.165) is 17.6 Å². The third-order valence-electron chi connectivity index (χ3n) is 5.21. The first-order valence-electron chi connectivity index (χ1n) is 8.75. The van der Waals surface area contributed by atoms with Crippen LogP contribution >= 0.6 is 27.3 Å². The van der Waals surface area contributed by atoms with E-state index in [1.54, 1.807) is 0 Å². The first kappa shape index (κ1) is 17.0. The molecular formula is C22H22BrNS. The minimum Gasteiger partial charge on any atom is -0.291 e. The van der Waals surface area contributed by atoms with Gasteiger partial charge in [-0.2, -0.15) is 0 Å². The summed E-state index contributed by atoms with van der Waals surface area (Å²) in [6, 6.07) is 22.5. The van der Waals surface area contributed by atoms with Gasteiger partial charge >= 0.3 is 0 Å². The van der Waals surface area contributed by atoms with Gasteiger partial charge in [-0.1, -0.05) is 58.4 Å². The Morgan fingerprint density at radius 2 is 1.80 bits per heavy atom. The van der Waals surface area contributed by atoms with Crippen LogP contribution in [0, 0.1) is 6.92 Å². The van der Waals surface area contributed by atoms with Gasteiger partial charge < -0.3 is 0 Å².